The minimum absolute atomic E-state index is 0.275. The number of hydrogen-bond acceptors (Lipinski definition) is 13. The summed E-state index contributed by atoms with van der Waals surface area (Å²) < 4.78 is 44.1. The Morgan fingerprint density at radius 2 is 1.40 bits per heavy atom. The Labute approximate surface area is 248 Å². The van der Waals surface area contributed by atoms with Crippen LogP contribution < -0.4 is 9.47 Å². The predicted octanol–water partition coefficient (Wildman–Crippen LogP) is 2.68. The zero-order valence-electron chi connectivity index (χ0n) is 24.6. The molecule has 0 amide bonds. The van der Waals surface area contributed by atoms with Gasteiger partial charge in [0, 0.05) is 33.3 Å². The zero-order valence-corrected chi connectivity index (χ0v) is 24.6. The van der Waals surface area contributed by atoms with Crippen molar-refractivity contribution in [3.8, 4) is 22.6 Å². The fraction of sp³-hybridized carbons (Fsp3) is 0.433. The van der Waals surface area contributed by atoms with Crippen LogP contribution in [0.2, 0.25) is 0 Å². The highest BCUT2D eigenvalue weighted by Gasteiger charge is 2.53. The highest BCUT2D eigenvalue weighted by molar-refractivity contribution is 5.75. The minimum Gasteiger partial charge on any atom is -0.482 e. The first-order valence-electron chi connectivity index (χ1n) is 13.3. The Bertz CT molecular complexity index is 1340. The van der Waals surface area contributed by atoms with Gasteiger partial charge in [-0.2, -0.15) is 0 Å². The maximum absolute atomic E-state index is 12.2. The lowest BCUT2D eigenvalue weighted by Crippen LogP contribution is -2.63. The maximum atomic E-state index is 12.2. The topological polar surface area (TPSA) is 159 Å². The van der Waals surface area contributed by atoms with Gasteiger partial charge in [0.2, 0.25) is 12.4 Å². The Kier molecular flexibility index (Phi) is 11.5. The van der Waals surface area contributed by atoms with Crippen LogP contribution in [-0.2, 0) is 52.4 Å². The lowest BCUT2D eigenvalue weighted by molar-refractivity contribution is -0.288. The lowest BCUT2D eigenvalue weighted by atomic mass is 9.97. The molecule has 232 valence electrons. The molecule has 0 spiro atoms. The minimum atomic E-state index is -1.42. The van der Waals surface area contributed by atoms with Crippen LogP contribution >= 0.6 is 0 Å². The van der Waals surface area contributed by atoms with Gasteiger partial charge in [0.1, 0.15) is 24.2 Å². The fourth-order valence-corrected chi connectivity index (χ4v) is 4.38. The number of para-hydroxylation sites is 1. The van der Waals surface area contributed by atoms with Gasteiger partial charge in [-0.25, -0.2) is 4.79 Å². The second-order valence-electron chi connectivity index (χ2n) is 9.52. The van der Waals surface area contributed by atoms with Crippen LogP contribution in [-0.4, -0.2) is 80.9 Å². The number of rotatable bonds is 11. The third kappa shape index (κ3) is 9.17. The molecule has 1 heterocycles. The average Bonchev–Trinajstić information content (AvgIpc) is 2.94. The van der Waals surface area contributed by atoms with Gasteiger partial charge in [-0.15, -0.1) is 0 Å². The number of benzene rings is 2. The van der Waals surface area contributed by atoms with Crippen molar-refractivity contribution in [2.75, 3.05) is 20.3 Å². The van der Waals surface area contributed by atoms with Crippen molar-refractivity contribution < 1.29 is 61.9 Å². The Morgan fingerprint density at radius 1 is 0.767 bits per heavy atom. The molecule has 0 saturated carbocycles. The number of hydrogen-bond donors (Lipinski definition) is 0. The van der Waals surface area contributed by atoms with Crippen molar-refractivity contribution in [3.05, 3.63) is 48.0 Å². The summed E-state index contributed by atoms with van der Waals surface area (Å²) in [5.74, 6) is -2.76. The van der Waals surface area contributed by atoms with E-state index in [4.69, 9.17) is 33.2 Å². The fourth-order valence-electron chi connectivity index (χ4n) is 4.38. The summed E-state index contributed by atoms with van der Waals surface area (Å²) in [7, 11) is 1.26. The third-order valence-corrected chi connectivity index (χ3v) is 6.16. The first kappa shape index (κ1) is 32.9. The average molecular weight is 603 g/mol. The largest absolute Gasteiger partial charge is 0.482 e. The Morgan fingerprint density at radius 3 is 2.02 bits per heavy atom. The second kappa shape index (κ2) is 15.0. The van der Waals surface area contributed by atoms with Crippen molar-refractivity contribution in [2.45, 2.75) is 65.3 Å². The van der Waals surface area contributed by atoms with Crippen LogP contribution in [0.15, 0.2) is 42.5 Å². The van der Waals surface area contributed by atoms with Gasteiger partial charge >= 0.3 is 29.8 Å². The SMILES string of the molecule is COC(=O)COc1ccc(C)c(-c2ccccc2O[C@H]2O[C@H](COC(C)=O)[C@@H](OC(C)=O)[C@H](OC(C)=O)[C@@H]2OC(C)=O)c1. The Hall–Kier alpha value is -4.65. The van der Waals surface area contributed by atoms with Gasteiger partial charge in [0.25, 0.3) is 0 Å². The van der Waals surface area contributed by atoms with Crippen molar-refractivity contribution in [1.29, 1.82) is 0 Å². The van der Waals surface area contributed by atoms with E-state index in [1.54, 1.807) is 42.5 Å². The number of esters is 5. The van der Waals surface area contributed by atoms with E-state index in [1.165, 1.54) is 14.0 Å². The maximum Gasteiger partial charge on any atom is 0.343 e. The van der Waals surface area contributed by atoms with Gasteiger partial charge in [-0.05, 0) is 36.2 Å². The van der Waals surface area contributed by atoms with Gasteiger partial charge in [-0.3, -0.25) is 19.2 Å². The van der Waals surface area contributed by atoms with E-state index >= 15 is 0 Å². The summed E-state index contributed by atoms with van der Waals surface area (Å²) in [6, 6.07) is 12.1. The molecule has 0 bridgehead atoms. The molecular formula is C30H34O13. The molecule has 13 heteroatoms. The van der Waals surface area contributed by atoms with Crippen molar-refractivity contribution >= 4 is 29.8 Å². The van der Waals surface area contributed by atoms with Crippen LogP contribution in [0.5, 0.6) is 11.5 Å². The monoisotopic (exact) mass is 602 g/mol. The number of aryl methyl sites for hydroxylation is 1. The van der Waals surface area contributed by atoms with E-state index < -0.39 is 67.2 Å². The normalized spacial score (nSPS) is 21.1. The van der Waals surface area contributed by atoms with Crippen LogP contribution in [0.3, 0.4) is 0 Å². The highest BCUT2D eigenvalue weighted by Crippen LogP contribution is 2.37. The van der Waals surface area contributed by atoms with Crippen LogP contribution in [0, 0.1) is 6.92 Å². The van der Waals surface area contributed by atoms with E-state index in [0.717, 1.165) is 26.3 Å². The molecule has 1 fully saturated rings. The Balaban J connectivity index is 2.05. The molecule has 1 aliphatic rings. The molecule has 2 aromatic rings. The van der Waals surface area contributed by atoms with Gasteiger partial charge in [0.05, 0.1) is 7.11 Å². The first-order valence-corrected chi connectivity index (χ1v) is 13.3. The van der Waals surface area contributed by atoms with E-state index in [2.05, 4.69) is 4.74 Å². The molecule has 1 saturated heterocycles. The molecule has 0 N–H and O–H groups in total. The molecule has 3 rings (SSSR count). The van der Waals surface area contributed by atoms with E-state index in [9.17, 15) is 24.0 Å². The summed E-state index contributed by atoms with van der Waals surface area (Å²) >= 11 is 0. The molecule has 2 aromatic carbocycles. The van der Waals surface area contributed by atoms with E-state index in [0.29, 0.717) is 16.9 Å². The predicted molar refractivity (Wildman–Crippen MR) is 147 cm³/mol. The molecule has 43 heavy (non-hydrogen) atoms. The summed E-state index contributed by atoms with van der Waals surface area (Å²) in [4.78, 5) is 59.5. The number of methoxy groups -OCH3 is 1. The van der Waals surface area contributed by atoms with Crippen LogP contribution in [0.1, 0.15) is 33.3 Å². The summed E-state index contributed by atoms with van der Waals surface area (Å²) in [5, 5.41) is 0. The zero-order chi connectivity index (χ0) is 31.7. The van der Waals surface area contributed by atoms with Crippen molar-refractivity contribution in [3.63, 3.8) is 0 Å². The standard InChI is InChI=1S/C30H34O13/c1-16-11-12-21(38-15-26(35)36-6)13-23(16)22-9-7-8-10-24(22)42-30-29(41-20(5)34)28(40-19(4)33)27(39-18(3)32)25(43-30)14-37-17(2)31/h7-13,25,27-30H,14-15H2,1-6H3/t25-,27-,28+,29+,30+/m1/s1. The van der Waals surface area contributed by atoms with E-state index in [-0.39, 0.29) is 12.4 Å². The van der Waals surface area contributed by atoms with Crippen LogP contribution in [0.25, 0.3) is 11.1 Å². The first-order chi connectivity index (χ1) is 20.4. The van der Waals surface area contributed by atoms with Gasteiger partial charge in [0.15, 0.2) is 18.8 Å². The molecule has 0 aromatic heterocycles. The van der Waals surface area contributed by atoms with Gasteiger partial charge in [-0.1, -0.05) is 24.3 Å². The summed E-state index contributed by atoms with van der Waals surface area (Å²) in [6.07, 6.45) is -6.68. The molecule has 0 unspecified atom stereocenters. The lowest BCUT2D eigenvalue weighted by Gasteiger charge is -2.44. The quantitative estimate of drug-likeness (QED) is 0.273. The molecule has 0 radical (unpaired) electrons. The van der Waals surface area contributed by atoms with Gasteiger partial charge < -0.3 is 37.9 Å². The molecule has 1 aliphatic heterocycles. The van der Waals surface area contributed by atoms with Crippen LogP contribution in [0.4, 0.5) is 0 Å². The number of carbonyl (C=O) groups is 5. The number of carbonyl (C=O) groups excluding carboxylic acids is 5. The van der Waals surface area contributed by atoms with Crippen molar-refractivity contribution in [1.82, 2.24) is 0 Å². The summed E-state index contributed by atoms with van der Waals surface area (Å²) in [5.41, 5.74) is 2.10. The smallest absolute Gasteiger partial charge is 0.343 e. The summed E-state index contributed by atoms with van der Waals surface area (Å²) in [6.45, 7) is 5.79. The third-order valence-electron chi connectivity index (χ3n) is 6.16. The molecular weight excluding hydrogens is 568 g/mol. The molecule has 0 aliphatic carbocycles. The molecule has 5 atom stereocenters. The highest BCUT2D eigenvalue weighted by atomic mass is 16.7. The van der Waals surface area contributed by atoms with E-state index in [1.807, 2.05) is 6.92 Å². The molecule has 13 nitrogen and oxygen atoms in total. The second-order valence-corrected chi connectivity index (χ2v) is 9.52. The number of ether oxygens (including phenoxy) is 8. The van der Waals surface area contributed by atoms with Crippen molar-refractivity contribution in [2.24, 2.45) is 0 Å².